The Morgan fingerprint density at radius 2 is 1.13 bits per heavy atom. The second kappa shape index (κ2) is 11.6. The summed E-state index contributed by atoms with van der Waals surface area (Å²) in [6.07, 6.45) is 0. The predicted octanol–water partition coefficient (Wildman–Crippen LogP) is 14.1. The van der Waals surface area contributed by atoms with Crippen molar-refractivity contribution >= 4 is 60.8 Å². The average molecular weight is 693 g/mol. The third kappa shape index (κ3) is 4.48. The topological polar surface area (TPSA) is 21.3 Å². The molecule has 54 heavy (non-hydrogen) atoms. The van der Waals surface area contributed by atoms with E-state index in [0.717, 1.165) is 39.0 Å². The van der Waals surface area contributed by atoms with Crippen molar-refractivity contribution < 1.29 is 4.42 Å². The van der Waals surface area contributed by atoms with Crippen LogP contribution in [0.15, 0.2) is 186 Å². The monoisotopic (exact) mass is 692 g/mol. The fourth-order valence-corrected chi connectivity index (χ4v) is 9.01. The Labute approximate surface area is 314 Å². The molecule has 3 heteroatoms. The number of benzene rings is 8. The summed E-state index contributed by atoms with van der Waals surface area (Å²) in [4.78, 5) is 2.41. The minimum Gasteiger partial charge on any atom is -0.456 e. The van der Waals surface area contributed by atoms with E-state index >= 15 is 0 Å². The lowest BCUT2D eigenvalue weighted by Crippen LogP contribution is -2.16. The van der Waals surface area contributed by atoms with Gasteiger partial charge in [0.25, 0.3) is 0 Å². The highest BCUT2D eigenvalue weighted by Gasteiger charge is 2.36. The van der Waals surface area contributed by atoms with Gasteiger partial charge in [0.2, 0.25) is 0 Å². The molecule has 1 aliphatic carbocycles. The van der Waals surface area contributed by atoms with E-state index < -0.39 is 0 Å². The van der Waals surface area contributed by atoms with Crippen LogP contribution in [0.25, 0.3) is 71.7 Å². The van der Waals surface area contributed by atoms with Gasteiger partial charge >= 0.3 is 0 Å². The molecule has 0 bridgehead atoms. The standard InChI is InChI=1S/C51H36N2O/c1-51(2)43-18-9-6-15-38(43)39-29-28-37(32-44(39)51)52(47-20-12-22-49-50(47)41-17-8-11-21-48(41)54-49)36-26-23-33(24-27-36)34-25-30-46-42(31-34)40-16-7-10-19-45(40)53(46)35-13-4-3-5-14-35/h3-32H,1-2H3. The first-order valence-electron chi connectivity index (χ1n) is 18.7. The molecule has 10 aromatic rings. The Morgan fingerprint density at radius 1 is 0.463 bits per heavy atom. The van der Waals surface area contributed by atoms with Crippen LogP contribution < -0.4 is 4.90 Å². The van der Waals surface area contributed by atoms with Gasteiger partial charge in [-0.1, -0.05) is 123 Å². The molecule has 8 aromatic carbocycles. The van der Waals surface area contributed by atoms with E-state index in [4.69, 9.17) is 4.42 Å². The van der Waals surface area contributed by atoms with Crippen LogP contribution in [0.3, 0.4) is 0 Å². The fourth-order valence-electron chi connectivity index (χ4n) is 9.01. The van der Waals surface area contributed by atoms with Gasteiger partial charge < -0.3 is 13.9 Å². The van der Waals surface area contributed by atoms with Crippen molar-refractivity contribution in [2.24, 2.45) is 0 Å². The van der Waals surface area contributed by atoms with E-state index in [2.05, 4.69) is 199 Å². The Bertz CT molecular complexity index is 3070. The van der Waals surface area contributed by atoms with Crippen LogP contribution in [0, 0.1) is 0 Å². The van der Waals surface area contributed by atoms with Gasteiger partial charge in [-0.05, 0) is 106 Å². The quantitative estimate of drug-likeness (QED) is 0.179. The molecule has 256 valence electrons. The number of fused-ring (bicyclic) bond motifs is 9. The highest BCUT2D eigenvalue weighted by atomic mass is 16.3. The maximum absolute atomic E-state index is 6.41. The van der Waals surface area contributed by atoms with Gasteiger partial charge in [-0.2, -0.15) is 0 Å². The second-order valence-electron chi connectivity index (χ2n) is 15.0. The van der Waals surface area contributed by atoms with Crippen molar-refractivity contribution in [2.75, 3.05) is 4.90 Å². The first-order chi connectivity index (χ1) is 26.5. The zero-order valence-corrected chi connectivity index (χ0v) is 30.1. The summed E-state index contributed by atoms with van der Waals surface area (Å²) in [6, 6.07) is 65.9. The van der Waals surface area contributed by atoms with Crippen molar-refractivity contribution in [1.29, 1.82) is 0 Å². The highest BCUT2D eigenvalue weighted by molar-refractivity contribution is 6.14. The number of anilines is 3. The molecule has 11 rings (SSSR count). The third-order valence-electron chi connectivity index (χ3n) is 11.6. The van der Waals surface area contributed by atoms with E-state index in [1.165, 1.54) is 60.9 Å². The minimum absolute atomic E-state index is 0.117. The lowest BCUT2D eigenvalue weighted by atomic mass is 9.82. The molecule has 0 fully saturated rings. The normalized spacial score (nSPS) is 13.1. The second-order valence-corrected chi connectivity index (χ2v) is 15.0. The first-order valence-corrected chi connectivity index (χ1v) is 18.7. The van der Waals surface area contributed by atoms with Gasteiger partial charge in [0.05, 0.1) is 22.1 Å². The number of rotatable bonds is 5. The van der Waals surface area contributed by atoms with Gasteiger partial charge in [0.15, 0.2) is 0 Å². The molecule has 0 N–H and O–H groups in total. The zero-order chi connectivity index (χ0) is 36.0. The molecule has 0 saturated carbocycles. The maximum atomic E-state index is 6.41. The Morgan fingerprint density at radius 3 is 2.00 bits per heavy atom. The summed E-state index contributed by atoms with van der Waals surface area (Å²) >= 11 is 0. The van der Waals surface area contributed by atoms with E-state index in [1.807, 2.05) is 6.07 Å². The minimum atomic E-state index is -0.117. The number of para-hydroxylation sites is 3. The van der Waals surface area contributed by atoms with Crippen LogP contribution in [-0.2, 0) is 5.41 Å². The van der Waals surface area contributed by atoms with Crippen LogP contribution in [0.5, 0.6) is 0 Å². The molecule has 0 radical (unpaired) electrons. The predicted molar refractivity (Wildman–Crippen MR) is 226 cm³/mol. The molecular weight excluding hydrogens is 657 g/mol. The average Bonchev–Trinajstić information content (AvgIpc) is 3.84. The van der Waals surface area contributed by atoms with Crippen molar-refractivity contribution in [3.8, 4) is 27.9 Å². The van der Waals surface area contributed by atoms with E-state index in [9.17, 15) is 0 Å². The molecule has 0 spiro atoms. The van der Waals surface area contributed by atoms with Gasteiger partial charge in [-0.25, -0.2) is 0 Å². The Hall–Kier alpha value is -6.84. The molecule has 2 aromatic heterocycles. The van der Waals surface area contributed by atoms with Gasteiger partial charge in [0.1, 0.15) is 11.2 Å². The fraction of sp³-hybridized carbons (Fsp3) is 0.0588. The summed E-state index contributed by atoms with van der Waals surface area (Å²) < 4.78 is 8.78. The smallest absolute Gasteiger partial charge is 0.137 e. The Kier molecular flexibility index (Phi) is 6.60. The largest absolute Gasteiger partial charge is 0.456 e. The van der Waals surface area contributed by atoms with E-state index in [-0.39, 0.29) is 5.41 Å². The summed E-state index contributed by atoms with van der Waals surface area (Å²) in [5, 5.41) is 4.73. The maximum Gasteiger partial charge on any atom is 0.137 e. The molecule has 0 unspecified atom stereocenters. The number of hydrogen-bond acceptors (Lipinski definition) is 2. The molecule has 0 amide bonds. The summed E-state index contributed by atoms with van der Waals surface area (Å²) in [6.45, 7) is 4.69. The summed E-state index contributed by atoms with van der Waals surface area (Å²) in [7, 11) is 0. The lowest BCUT2D eigenvalue weighted by molar-refractivity contribution is 0.660. The molecule has 0 saturated heterocycles. The zero-order valence-electron chi connectivity index (χ0n) is 30.1. The van der Waals surface area contributed by atoms with E-state index in [0.29, 0.717) is 0 Å². The number of nitrogens with zero attached hydrogens (tertiary/aromatic N) is 2. The van der Waals surface area contributed by atoms with Crippen LogP contribution >= 0.6 is 0 Å². The summed E-state index contributed by atoms with van der Waals surface area (Å²) in [5.74, 6) is 0. The van der Waals surface area contributed by atoms with Crippen LogP contribution in [-0.4, -0.2) is 4.57 Å². The molecule has 3 nitrogen and oxygen atoms in total. The lowest BCUT2D eigenvalue weighted by Gasteiger charge is -2.28. The number of furan rings is 1. The van der Waals surface area contributed by atoms with Crippen molar-refractivity contribution in [3.63, 3.8) is 0 Å². The number of aromatic nitrogens is 1. The molecule has 1 aliphatic rings. The third-order valence-corrected chi connectivity index (χ3v) is 11.6. The van der Waals surface area contributed by atoms with Crippen LogP contribution in [0.1, 0.15) is 25.0 Å². The van der Waals surface area contributed by atoms with Gasteiger partial charge in [-0.3, -0.25) is 0 Å². The molecule has 0 aliphatic heterocycles. The van der Waals surface area contributed by atoms with Crippen LogP contribution in [0.2, 0.25) is 0 Å². The molecule has 0 atom stereocenters. The van der Waals surface area contributed by atoms with Crippen molar-refractivity contribution in [3.05, 3.63) is 193 Å². The van der Waals surface area contributed by atoms with Crippen molar-refractivity contribution in [2.45, 2.75) is 19.3 Å². The van der Waals surface area contributed by atoms with Gasteiger partial charge in [-0.15, -0.1) is 0 Å². The SMILES string of the molecule is CC1(C)c2ccccc2-c2ccc(N(c3ccc(-c4ccc5c(c4)c4ccccc4n5-c4ccccc4)cc3)c3cccc4oc5ccccc5c34)cc21. The number of hydrogen-bond donors (Lipinski definition) is 0. The Balaban J connectivity index is 1.07. The van der Waals surface area contributed by atoms with E-state index in [1.54, 1.807) is 0 Å². The molecular formula is C51H36N2O. The van der Waals surface area contributed by atoms with Crippen LogP contribution in [0.4, 0.5) is 17.1 Å². The van der Waals surface area contributed by atoms with Crippen molar-refractivity contribution in [1.82, 2.24) is 4.57 Å². The summed E-state index contributed by atoms with van der Waals surface area (Å²) in [5.41, 5.74) is 16.3. The van der Waals surface area contributed by atoms with Gasteiger partial charge in [0, 0.05) is 38.6 Å². The molecule has 2 heterocycles. The first kappa shape index (κ1) is 30.8. The highest BCUT2D eigenvalue weighted by Crippen LogP contribution is 2.51.